The first-order valence-electron chi connectivity index (χ1n) is 9.25. The quantitative estimate of drug-likeness (QED) is 0.550. The van der Waals surface area contributed by atoms with Gasteiger partial charge in [0.25, 0.3) is 11.8 Å². The zero-order valence-corrected chi connectivity index (χ0v) is 16.5. The Morgan fingerprint density at radius 2 is 1.66 bits per heavy atom. The number of nitrogens with one attached hydrogen (secondary N) is 1. The van der Waals surface area contributed by atoms with E-state index in [0.29, 0.717) is 5.69 Å². The van der Waals surface area contributed by atoms with E-state index >= 15 is 0 Å². The van der Waals surface area contributed by atoms with Crippen LogP contribution in [0, 0.1) is 13.8 Å². The largest absolute Gasteiger partial charge is 0.497 e. The van der Waals surface area contributed by atoms with Crippen molar-refractivity contribution in [1.29, 1.82) is 0 Å². The molecule has 6 heteroatoms. The average Bonchev–Trinajstić information content (AvgIpc) is 3.18. The second kappa shape index (κ2) is 7.31. The maximum atomic E-state index is 12.8. The van der Waals surface area contributed by atoms with Crippen LogP contribution in [0.4, 0.5) is 5.69 Å². The van der Waals surface area contributed by atoms with Crippen LogP contribution in [0.1, 0.15) is 17.0 Å². The van der Waals surface area contributed by atoms with E-state index in [0.717, 1.165) is 28.4 Å². The van der Waals surface area contributed by atoms with Gasteiger partial charge >= 0.3 is 0 Å². The fraction of sp³-hybridized carbons (Fsp3) is 0.130. The van der Waals surface area contributed by atoms with Crippen molar-refractivity contribution in [2.24, 2.45) is 0 Å². The minimum Gasteiger partial charge on any atom is -0.497 e. The molecular weight excluding hydrogens is 366 g/mol. The van der Waals surface area contributed by atoms with Crippen LogP contribution < -0.4 is 15.2 Å². The van der Waals surface area contributed by atoms with Crippen molar-refractivity contribution >= 4 is 23.6 Å². The Hall–Kier alpha value is -3.80. The Bertz CT molecular complexity index is 1130. The van der Waals surface area contributed by atoms with Crippen LogP contribution in [0.2, 0.25) is 0 Å². The monoisotopic (exact) mass is 387 g/mol. The summed E-state index contributed by atoms with van der Waals surface area (Å²) < 4.78 is 7.39. The molecule has 146 valence electrons. The Balaban J connectivity index is 1.72. The number of anilines is 1. The number of carbonyl (C=O) groups excluding carboxylic acids is 2. The number of ether oxygens (including phenoxy) is 1. The lowest BCUT2D eigenvalue weighted by atomic mass is 10.1. The van der Waals surface area contributed by atoms with E-state index in [4.69, 9.17) is 4.74 Å². The number of aryl methyl sites for hydroxylation is 1. The van der Waals surface area contributed by atoms with E-state index in [1.54, 1.807) is 25.3 Å². The molecule has 0 radical (unpaired) electrons. The number of rotatable bonds is 4. The van der Waals surface area contributed by atoms with Crippen LogP contribution in [0.3, 0.4) is 0 Å². The molecule has 1 N–H and O–H groups in total. The van der Waals surface area contributed by atoms with Gasteiger partial charge in [0.2, 0.25) is 0 Å². The molecule has 6 nitrogen and oxygen atoms in total. The third kappa shape index (κ3) is 3.29. The van der Waals surface area contributed by atoms with Crippen molar-refractivity contribution in [3.8, 4) is 11.4 Å². The third-order valence-corrected chi connectivity index (χ3v) is 4.99. The second-order valence-electron chi connectivity index (χ2n) is 6.84. The number of hydrogen-bond donors (Lipinski definition) is 1. The first kappa shape index (κ1) is 18.6. The van der Waals surface area contributed by atoms with Crippen molar-refractivity contribution in [3.05, 3.63) is 83.2 Å². The molecule has 2 heterocycles. The number of carbonyl (C=O) groups is 2. The molecule has 0 saturated carbocycles. The number of benzene rings is 2. The van der Waals surface area contributed by atoms with Gasteiger partial charge in [-0.25, -0.2) is 5.01 Å². The smallest absolute Gasteiger partial charge is 0.282 e. The summed E-state index contributed by atoms with van der Waals surface area (Å²) in [4.78, 5) is 25.3. The molecule has 1 aromatic heterocycles. The summed E-state index contributed by atoms with van der Waals surface area (Å²) in [6, 6.07) is 18.8. The van der Waals surface area contributed by atoms with Crippen molar-refractivity contribution in [3.63, 3.8) is 0 Å². The van der Waals surface area contributed by atoms with Gasteiger partial charge in [0.1, 0.15) is 11.3 Å². The molecule has 2 aromatic carbocycles. The van der Waals surface area contributed by atoms with Gasteiger partial charge in [0.15, 0.2) is 0 Å². The molecule has 1 fully saturated rings. The molecule has 1 aliphatic heterocycles. The molecule has 29 heavy (non-hydrogen) atoms. The van der Waals surface area contributed by atoms with Crippen molar-refractivity contribution in [1.82, 2.24) is 9.99 Å². The Morgan fingerprint density at radius 3 is 2.38 bits per heavy atom. The van der Waals surface area contributed by atoms with Crippen molar-refractivity contribution in [2.45, 2.75) is 13.8 Å². The van der Waals surface area contributed by atoms with Gasteiger partial charge in [-0.3, -0.25) is 15.0 Å². The third-order valence-electron chi connectivity index (χ3n) is 4.99. The highest BCUT2D eigenvalue weighted by atomic mass is 16.5. The number of aromatic nitrogens is 1. The van der Waals surface area contributed by atoms with Gasteiger partial charge in [-0.1, -0.05) is 24.3 Å². The predicted molar refractivity (Wildman–Crippen MR) is 112 cm³/mol. The first-order chi connectivity index (χ1) is 14.0. The maximum Gasteiger partial charge on any atom is 0.282 e. The molecule has 0 atom stereocenters. The lowest BCUT2D eigenvalue weighted by Crippen LogP contribution is -2.35. The summed E-state index contributed by atoms with van der Waals surface area (Å²) in [6.45, 7) is 3.95. The molecule has 0 aliphatic carbocycles. The molecular formula is C23H21N3O3. The van der Waals surface area contributed by atoms with Gasteiger partial charge in [-0.15, -0.1) is 0 Å². The van der Waals surface area contributed by atoms with Gasteiger partial charge in [0, 0.05) is 23.1 Å². The fourth-order valence-electron chi connectivity index (χ4n) is 3.55. The van der Waals surface area contributed by atoms with Gasteiger partial charge in [-0.2, -0.15) is 0 Å². The number of nitrogens with zero attached hydrogens (tertiary/aromatic N) is 2. The van der Waals surface area contributed by atoms with Gasteiger partial charge in [0.05, 0.1) is 12.8 Å². The lowest BCUT2D eigenvalue weighted by molar-refractivity contribution is -0.117. The summed E-state index contributed by atoms with van der Waals surface area (Å²) in [7, 11) is 1.63. The van der Waals surface area contributed by atoms with Crippen LogP contribution in [-0.4, -0.2) is 23.5 Å². The Kier molecular flexibility index (Phi) is 4.68. The second-order valence-corrected chi connectivity index (χ2v) is 6.84. The highest BCUT2D eigenvalue weighted by Gasteiger charge is 2.34. The molecule has 3 aromatic rings. The van der Waals surface area contributed by atoms with Crippen LogP contribution in [0.15, 0.2) is 66.2 Å². The van der Waals surface area contributed by atoms with Crippen molar-refractivity contribution in [2.75, 3.05) is 12.1 Å². The van der Waals surface area contributed by atoms with E-state index in [1.165, 1.54) is 5.01 Å². The normalized spacial score (nSPS) is 15.1. The number of para-hydroxylation sites is 1. The standard InChI is InChI=1S/C23H21N3O3/c1-15-12-17(16(2)25(15)19-10-7-11-20(14-19)29-3)13-21-22(27)24-26(23(21)28)18-8-5-4-6-9-18/h4-14H,1-3H3,(H,24,27)/b21-13-. The maximum absolute atomic E-state index is 12.8. The number of hydrazine groups is 1. The van der Waals surface area contributed by atoms with E-state index in [2.05, 4.69) is 9.99 Å². The summed E-state index contributed by atoms with van der Waals surface area (Å²) in [5.74, 6) is -0.0174. The van der Waals surface area contributed by atoms with E-state index < -0.39 is 5.91 Å². The molecule has 1 saturated heterocycles. The van der Waals surface area contributed by atoms with Crippen LogP contribution >= 0.6 is 0 Å². The van der Waals surface area contributed by atoms with Gasteiger partial charge < -0.3 is 9.30 Å². The summed E-state index contributed by atoms with van der Waals surface area (Å²) in [6.07, 6.45) is 1.65. The van der Waals surface area contributed by atoms with E-state index in [-0.39, 0.29) is 11.5 Å². The van der Waals surface area contributed by atoms with Crippen molar-refractivity contribution < 1.29 is 14.3 Å². The van der Waals surface area contributed by atoms with Crippen LogP contribution in [0.25, 0.3) is 11.8 Å². The van der Waals surface area contributed by atoms with Crippen LogP contribution in [-0.2, 0) is 9.59 Å². The topological polar surface area (TPSA) is 63.6 Å². The highest BCUT2D eigenvalue weighted by molar-refractivity contribution is 6.31. The molecule has 0 spiro atoms. The molecule has 0 unspecified atom stereocenters. The Morgan fingerprint density at radius 1 is 0.931 bits per heavy atom. The minimum atomic E-state index is -0.412. The Labute approximate surface area is 169 Å². The SMILES string of the molecule is COc1cccc(-n2c(C)cc(/C=C3/C(=O)NN(c4ccccc4)C3=O)c2C)c1. The molecule has 0 bridgehead atoms. The predicted octanol–water partition coefficient (Wildman–Crippen LogP) is 3.56. The molecule has 4 rings (SSSR count). The van der Waals surface area contributed by atoms with E-state index in [9.17, 15) is 9.59 Å². The number of methoxy groups -OCH3 is 1. The van der Waals surface area contributed by atoms with E-state index in [1.807, 2.05) is 62.4 Å². The van der Waals surface area contributed by atoms with Crippen LogP contribution in [0.5, 0.6) is 5.75 Å². The summed E-state index contributed by atoms with van der Waals surface area (Å²) in [5.41, 5.74) is 7.06. The van der Waals surface area contributed by atoms with Gasteiger partial charge in [-0.05, 0) is 55.8 Å². The lowest BCUT2D eigenvalue weighted by Gasteiger charge is -2.13. The zero-order valence-electron chi connectivity index (χ0n) is 16.5. The fourth-order valence-corrected chi connectivity index (χ4v) is 3.55. The summed E-state index contributed by atoms with van der Waals surface area (Å²) in [5, 5.41) is 1.27. The average molecular weight is 387 g/mol. The molecule has 1 aliphatic rings. The molecule has 2 amide bonds. The summed E-state index contributed by atoms with van der Waals surface area (Å²) >= 11 is 0. The zero-order chi connectivity index (χ0) is 20.5. The number of hydrogen-bond acceptors (Lipinski definition) is 3. The minimum absolute atomic E-state index is 0.111. The first-order valence-corrected chi connectivity index (χ1v) is 9.25. The highest BCUT2D eigenvalue weighted by Crippen LogP contribution is 2.27. The number of amides is 2.